The molecular weight excluding hydrogens is 404 g/mol. The molecule has 2 N–H and O–H groups in total. The molecule has 1 aromatic carbocycles. The minimum absolute atomic E-state index is 0.233. The molecule has 0 atom stereocenters. The van der Waals surface area contributed by atoms with Gasteiger partial charge in [0.2, 0.25) is 0 Å². The molecule has 4 nitrogen and oxygen atoms in total. The molecule has 1 aliphatic heterocycles. The van der Waals surface area contributed by atoms with Gasteiger partial charge in [-0.1, -0.05) is 38.8 Å². The van der Waals surface area contributed by atoms with E-state index in [4.69, 9.17) is 10.5 Å². The average molecular weight is 439 g/mol. The fourth-order valence-electron chi connectivity index (χ4n) is 5.06. The lowest BCUT2D eigenvalue weighted by atomic mass is 9.75. The average Bonchev–Trinajstić information content (AvgIpc) is 3.24. The second-order valence-corrected chi connectivity index (χ2v) is 10.1. The van der Waals surface area contributed by atoms with Gasteiger partial charge in [0.25, 0.3) is 0 Å². The van der Waals surface area contributed by atoms with E-state index >= 15 is 0 Å². The largest absolute Gasteiger partial charge is 0.465 e. The molecule has 5 heteroatoms. The predicted molar refractivity (Wildman–Crippen MR) is 130 cm³/mol. The molecule has 2 heterocycles. The van der Waals surface area contributed by atoms with Gasteiger partial charge in [-0.15, -0.1) is 11.3 Å². The van der Waals surface area contributed by atoms with E-state index in [0.717, 1.165) is 58.5 Å². The van der Waals surface area contributed by atoms with Gasteiger partial charge in [0.15, 0.2) is 0 Å². The number of ether oxygens (including phenoxy) is 1. The zero-order chi connectivity index (χ0) is 22.0. The summed E-state index contributed by atoms with van der Waals surface area (Å²) in [6, 6.07) is 10.1. The normalized spacial score (nSPS) is 22.5. The molecule has 1 fully saturated rings. The van der Waals surface area contributed by atoms with Gasteiger partial charge in [-0.2, -0.15) is 0 Å². The molecular formula is C26H34N2O2S. The zero-order valence-electron chi connectivity index (χ0n) is 18.9. The Labute approximate surface area is 190 Å². The van der Waals surface area contributed by atoms with Crippen molar-refractivity contribution >= 4 is 28.6 Å². The molecule has 31 heavy (non-hydrogen) atoms. The third-order valence-electron chi connectivity index (χ3n) is 7.04. The molecule has 0 spiro atoms. The fourth-order valence-corrected chi connectivity index (χ4v) is 6.17. The highest BCUT2D eigenvalue weighted by Crippen LogP contribution is 2.43. The van der Waals surface area contributed by atoms with Crippen LogP contribution in [0.5, 0.6) is 0 Å². The molecule has 0 saturated heterocycles. The van der Waals surface area contributed by atoms with Gasteiger partial charge in [0.05, 0.1) is 7.11 Å². The van der Waals surface area contributed by atoms with Crippen LogP contribution in [0.1, 0.15) is 61.2 Å². The van der Waals surface area contributed by atoms with Gasteiger partial charge in [0.1, 0.15) is 4.88 Å². The summed E-state index contributed by atoms with van der Waals surface area (Å²) in [7, 11) is 1.48. The summed E-state index contributed by atoms with van der Waals surface area (Å²) in [5, 5.41) is 0. The number of nitrogen functional groups attached to an aromatic ring is 1. The van der Waals surface area contributed by atoms with Crippen LogP contribution in [-0.4, -0.2) is 37.6 Å². The van der Waals surface area contributed by atoms with Crippen molar-refractivity contribution in [3.05, 3.63) is 46.3 Å². The summed E-state index contributed by atoms with van der Waals surface area (Å²) in [6.07, 6.45) is 6.13. The summed E-state index contributed by atoms with van der Waals surface area (Å²) in [4.78, 5) is 17.1. The number of benzene rings is 1. The Morgan fingerprint density at radius 2 is 1.90 bits per heavy atom. The summed E-state index contributed by atoms with van der Waals surface area (Å²) in [6.45, 7) is 7.77. The van der Waals surface area contributed by atoms with Crippen LogP contribution in [0.3, 0.4) is 0 Å². The number of esters is 1. The molecule has 0 radical (unpaired) electrons. The molecule has 0 bridgehead atoms. The van der Waals surface area contributed by atoms with Crippen LogP contribution in [-0.2, 0) is 4.74 Å². The molecule has 166 valence electrons. The van der Waals surface area contributed by atoms with Crippen LogP contribution < -0.4 is 5.73 Å². The number of hydrogen-bond donors (Lipinski definition) is 1. The first-order valence-corrected chi connectivity index (χ1v) is 12.3. The maximum Gasteiger partial charge on any atom is 0.348 e. The predicted octanol–water partition coefficient (Wildman–Crippen LogP) is 6.09. The Morgan fingerprint density at radius 1 is 1.19 bits per heavy atom. The molecule has 1 saturated carbocycles. The van der Waals surface area contributed by atoms with Crippen molar-refractivity contribution in [1.82, 2.24) is 4.90 Å². The number of carbonyl (C=O) groups excluding carboxylic acids is 1. The first-order chi connectivity index (χ1) is 15.0. The third kappa shape index (κ3) is 4.73. The molecule has 4 rings (SSSR count). The summed E-state index contributed by atoms with van der Waals surface area (Å²) >= 11 is 1.54. The fraction of sp³-hybridized carbons (Fsp3) is 0.500. The van der Waals surface area contributed by atoms with Crippen LogP contribution in [0.15, 0.2) is 35.9 Å². The molecule has 0 unspecified atom stereocenters. The number of carbonyl (C=O) groups is 1. The van der Waals surface area contributed by atoms with Crippen LogP contribution in [0.25, 0.3) is 16.0 Å². The lowest BCUT2D eigenvalue weighted by molar-refractivity contribution is 0.0606. The zero-order valence-corrected chi connectivity index (χ0v) is 19.8. The standard InChI is InChI=1S/C26H34N2O2S/c1-4-28-14-13-21(23(16-28)18-7-5-17(2)6-8-18)22-15-24(31-25(22)26(29)30-3)19-9-11-20(27)12-10-19/h9-12,15,17-18H,4-8,13-14,16,27H2,1-3H3. The summed E-state index contributed by atoms with van der Waals surface area (Å²) < 4.78 is 5.19. The topological polar surface area (TPSA) is 55.6 Å². The van der Waals surface area contributed by atoms with Crippen molar-refractivity contribution in [2.24, 2.45) is 11.8 Å². The first-order valence-electron chi connectivity index (χ1n) is 11.5. The smallest absolute Gasteiger partial charge is 0.348 e. The van der Waals surface area contributed by atoms with Gasteiger partial charge in [0, 0.05) is 29.2 Å². The van der Waals surface area contributed by atoms with Crippen LogP contribution >= 0.6 is 11.3 Å². The van der Waals surface area contributed by atoms with E-state index in [0.29, 0.717) is 5.92 Å². The van der Waals surface area contributed by atoms with Crippen molar-refractivity contribution in [2.45, 2.75) is 46.0 Å². The number of rotatable bonds is 5. The summed E-state index contributed by atoms with van der Waals surface area (Å²) in [5.74, 6) is 1.23. The molecule has 1 aromatic heterocycles. The van der Waals surface area contributed by atoms with E-state index < -0.39 is 0 Å². The number of methoxy groups -OCH3 is 1. The van der Waals surface area contributed by atoms with E-state index in [1.807, 2.05) is 24.3 Å². The van der Waals surface area contributed by atoms with Crippen molar-refractivity contribution < 1.29 is 9.53 Å². The maximum absolute atomic E-state index is 12.8. The highest BCUT2D eigenvalue weighted by atomic mass is 32.1. The van der Waals surface area contributed by atoms with Gasteiger partial charge in [-0.3, -0.25) is 4.90 Å². The van der Waals surface area contributed by atoms with Crippen molar-refractivity contribution in [1.29, 1.82) is 0 Å². The van der Waals surface area contributed by atoms with Gasteiger partial charge in [-0.05, 0) is 72.6 Å². The quantitative estimate of drug-likeness (QED) is 0.453. The number of anilines is 1. The van der Waals surface area contributed by atoms with Crippen molar-refractivity contribution in [3.63, 3.8) is 0 Å². The first kappa shape index (κ1) is 22.1. The Hall–Kier alpha value is -2.11. The minimum Gasteiger partial charge on any atom is -0.465 e. The van der Waals surface area contributed by atoms with E-state index in [-0.39, 0.29) is 5.97 Å². The number of nitrogens with zero attached hydrogens (tertiary/aromatic N) is 1. The van der Waals surface area contributed by atoms with Crippen LogP contribution in [0.4, 0.5) is 5.69 Å². The minimum atomic E-state index is -0.233. The lowest BCUT2D eigenvalue weighted by Crippen LogP contribution is -2.34. The third-order valence-corrected chi connectivity index (χ3v) is 8.20. The number of likely N-dealkylation sites (N-methyl/N-ethyl adjacent to an activating group) is 1. The van der Waals surface area contributed by atoms with Gasteiger partial charge in [-0.25, -0.2) is 4.79 Å². The van der Waals surface area contributed by atoms with E-state index in [1.165, 1.54) is 49.7 Å². The SMILES string of the molecule is CCN1CCC(c2cc(-c3ccc(N)cc3)sc2C(=O)OC)=C(C2CCC(C)CC2)C1. The highest BCUT2D eigenvalue weighted by Gasteiger charge is 2.31. The molecule has 2 aliphatic rings. The Kier molecular flexibility index (Phi) is 6.83. The highest BCUT2D eigenvalue weighted by molar-refractivity contribution is 7.17. The van der Waals surface area contributed by atoms with Crippen LogP contribution in [0.2, 0.25) is 0 Å². The summed E-state index contributed by atoms with van der Waals surface area (Å²) in [5.41, 5.74) is 11.8. The second kappa shape index (κ2) is 9.58. The number of thiophene rings is 1. The number of nitrogens with two attached hydrogens (primary N) is 1. The van der Waals surface area contributed by atoms with Gasteiger partial charge >= 0.3 is 5.97 Å². The molecule has 2 aromatic rings. The number of hydrogen-bond acceptors (Lipinski definition) is 5. The van der Waals surface area contributed by atoms with Gasteiger partial charge < -0.3 is 10.5 Å². The van der Waals surface area contributed by atoms with E-state index in [9.17, 15) is 4.79 Å². The van der Waals surface area contributed by atoms with Crippen molar-refractivity contribution in [2.75, 3.05) is 32.5 Å². The van der Waals surface area contributed by atoms with Crippen LogP contribution in [0, 0.1) is 11.8 Å². The Bertz CT molecular complexity index is 952. The molecule has 0 amide bonds. The monoisotopic (exact) mass is 438 g/mol. The molecule has 1 aliphatic carbocycles. The van der Waals surface area contributed by atoms with E-state index in [2.05, 4.69) is 24.8 Å². The Morgan fingerprint density at radius 3 is 2.55 bits per heavy atom. The Balaban J connectivity index is 1.80. The lowest BCUT2D eigenvalue weighted by Gasteiger charge is -2.37. The maximum atomic E-state index is 12.8. The van der Waals surface area contributed by atoms with E-state index in [1.54, 1.807) is 5.57 Å². The van der Waals surface area contributed by atoms with Crippen molar-refractivity contribution in [3.8, 4) is 10.4 Å². The second-order valence-electron chi connectivity index (χ2n) is 9.05.